The van der Waals surface area contributed by atoms with Crippen LogP contribution >= 0.6 is 27.5 Å². The van der Waals surface area contributed by atoms with Crippen LogP contribution in [0.1, 0.15) is 0 Å². The average molecular weight is 370 g/mol. The highest BCUT2D eigenvalue weighted by molar-refractivity contribution is 9.10. The van der Waals surface area contributed by atoms with Crippen molar-refractivity contribution in [3.8, 4) is 5.75 Å². The number of hydrogen-bond acceptors (Lipinski definition) is 3. The van der Waals surface area contributed by atoms with Crippen LogP contribution in [-0.2, 0) is 4.79 Å². The van der Waals surface area contributed by atoms with Crippen LogP contribution in [0, 0.1) is 0 Å². The van der Waals surface area contributed by atoms with Crippen molar-refractivity contribution in [1.29, 1.82) is 0 Å². The summed E-state index contributed by atoms with van der Waals surface area (Å²) >= 11 is 9.36. The summed E-state index contributed by atoms with van der Waals surface area (Å²) in [6.07, 6.45) is 0. The highest BCUT2D eigenvalue weighted by Crippen LogP contribution is 2.27. The molecule has 4 nitrogen and oxygen atoms in total. The Bertz CT molecular complexity index is 632. The summed E-state index contributed by atoms with van der Waals surface area (Å²) in [6, 6.07) is 12.7. The van der Waals surface area contributed by atoms with E-state index >= 15 is 0 Å². The van der Waals surface area contributed by atoms with E-state index in [2.05, 4.69) is 26.6 Å². The van der Waals surface area contributed by atoms with Crippen LogP contribution in [0.15, 0.2) is 46.9 Å². The van der Waals surface area contributed by atoms with Crippen molar-refractivity contribution < 1.29 is 9.53 Å². The molecule has 0 atom stereocenters. The van der Waals surface area contributed by atoms with E-state index < -0.39 is 0 Å². The minimum Gasteiger partial charge on any atom is -0.495 e. The molecule has 6 heteroatoms. The van der Waals surface area contributed by atoms with Crippen LogP contribution in [0.25, 0.3) is 0 Å². The minimum absolute atomic E-state index is 0.154. The first kappa shape index (κ1) is 15.7. The molecule has 0 unspecified atom stereocenters. The Morgan fingerprint density at radius 2 is 1.86 bits per heavy atom. The normalized spacial score (nSPS) is 10.0. The maximum Gasteiger partial charge on any atom is 0.243 e. The molecular weight excluding hydrogens is 356 g/mol. The second kappa shape index (κ2) is 7.33. The van der Waals surface area contributed by atoms with Crippen molar-refractivity contribution in [3.05, 3.63) is 52.0 Å². The lowest BCUT2D eigenvalue weighted by molar-refractivity contribution is -0.114. The maximum atomic E-state index is 11.9. The number of carbonyl (C=O) groups excluding carboxylic acids is 1. The molecule has 0 bridgehead atoms. The Morgan fingerprint density at radius 1 is 1.19 bits per heavy atom. The van der Waals surface area contributed by atoms with Gasteiger partial charge in [0, 0.05) is 15.8 Å². The SMILES string of the molecule is COc1ccc(NC(=O)CNc2ccc(Br)cc2)cc1Cl. The molecule has 0 aliphatic rings. The van der Waals surface area contributed by atoms with Crippen molar-refractivity contribution in [2.45, 2.75) is 0 Å². The number of ether oxygens (including phenoxy) is 1. The van der Waals surface area contributed by atoms with Gasteiger partial charge in [0.25, 0.3) is 0 Å². The van der Waals surface area contributed by atoms with Crippen molar-refractivity contribution in [2.24, 2.45) is 0 Å². The van der Waals surface area contributed by atoms with Gasteiger partial charge in [0.2, 0.25) is 5.91 Å². The number of benzene rings is 2. The predicted octanol–water partition coefficient (Wildman–Crippen LogP) is 4.16. The number of methoxy groups -OCH3 is 1. The molecule has 2 aromatic carbocycles. The highest BCUT2D eigenvalue weighted by atomic mass is 79.9. The zero-order valence-electron chi connectivity index (χ0n) is 11.3. The number of rotatable bonds is 5. The summed E-state index contributed by atoms with van der Waals surface area (Å²) in [5.41, 5.74) is 1.50. The molecule has 2 rings (SSSR count). The molecule has 0 aliphatic heterocycles. The number of amides is 1. The quantitative estimate of drug-likeness (QED) is 0.832. The summed E-state index contributed by atoms with van der Waals surface area (Å²) in [4.78, 5) is 11.9. The van der Waals surface area contributed by atoms with E-state index in [1.54, 1.807) is 25.3 Å². The Labute approximate surface area is 136 Å². The molecule has 1 amide bonds. The third-order valence-electron chi connectivity index (χ3n) is 2.73. The van der Waals surface area contributed by atoms with Crippen LogP contribution in [0.5, 0.6) is 5.75 Å². The highest BCUT2D eigenvalue weighted by Gasteiger charge is 2.05. The number of halogens is 2. The number of carbonyl (C=O) groups is 1. The molecule has 0 fully saturated rings. The van der Waals surface area contributed by atoms with Crippen LogP contribution in [0.4, 0.5) is 11.4 Å². The molecule has 0 aromatic heterocycles. The molecule has 2 N–H and O–H groups in total. The van der Waals surface area contributed by atoms with Crippen LogP contribution in [0.2, 0.25) is 5.02 Å². The fraction of sp³-hybridized carbons (Fsp3) is 0.133. The topological polar surface area (TPSA) is 50.4 Å². The fourth-order valence-electron chi connectivity index (χ4n) is 1.70. The molecule has 0 saturated carbocycles. The monoisotopic (exact) mass is 368 g/mol. The van der Waals surface area contributed by atoms with Gasteiger partial charge in [-0.2, -0.15) is 0 Å². The number of nitrogens with one attached hydrogen (secondary N) is 2. The lowest BCUT2D eigenvalue weighted by Gasteiger charge is -2.09. The van der Waals surface area contributed by atoms with E-state index in [0.717, 1.165) is 10.2 Å². The molecule has 2 aromatic rings. The minimum atomic E-state index is -0.154. The average Bonchev–Trinajstić information content (AvgIpc) is 2.47. The molecule has 0 heterocycles. The second-order valence-corrected chi connectivity index (χ2v) is 5.58. The smallest absolute Gasteiger partial charge is 0.243 e. The first-order valence-electron chi connectivity index (χ1n) is 6.21. The van der Waals surface area contributed by atoms with Gasteiger partial charge in [-0.05, 0) is 42.5 Å². The summed E-state index contributed by atoms with van der Waals surface area (Å²) in [5.74, 6) is 0.418. The summed E-state index contributed by atoms with van der Waals surface area (Å²) < 4.78 is 6.05. The summed E-state index contributed by atoms with van der Waals surface area (Å²) in [5, 5.41) is 6.26. The zero-order valence-corrected chi connectivity index (χ0v) is 13.7. The number of anilines is 2. The Hall–Kier alpha value is -1.72. The van der Waals surface area contributed by atoms with Crippen LogP contribution < -0.4 is 15.4 Å². The van der Waals surface area contributed by atoms with Gasteiger partial charge in [0.1, 0.15) is 5.75 Å². The summed E-state index contributed by atoms with van der Waals surface area (Å²) in [7, 11) is 1.54. The van der Waals surface area contributed by atoms with Gasteiger partial charge >= 0.3 is 0 Å². The Morgan fingerprint density at radius 3 is 2.48 bits per heavy atom. The predicted molar refractivity (Wildman–Crippen MR) is 89.3 cm³/mol. The van der Waals surface area contributed by atoms with Gasteiger partial charge in [-0.15, -0.1) is 0 Å². The van der Waals surface area contributed by atoms with Crippen molar-refractivity contribution >= 4 is 44.8 Å². The van der Waals surface area contributed by atoms with Crippen molar-refractivity contribution in [1.82, 2.24) is 0 Å². The lowest BCUT2D eigenvalue weighted by atomic mass is 10.3. The molecule has 0 aliphatic carbocycles. The van der Waals surface area contributed by atoms with E-state index in [1.165, 1.54) is 0 Å². The van der Waals surface area contributed by atoms with E-state index in [9.17, 15) is 4.79 Å². The van der Waals surface area contributed by atoms with E-state index in [1.807, 2.05) is 24.3 Å². The van der Waals surface area contributed by atoms with E-state index in [0.29, 0.717) is 16.5 Å². The Kier molecular flexibility index (Phi) is 5.47. The molecule has 0 saturated heterocycles. The maximum absolute atomic E-state index is 11.9. The zero-order chi connectivity index (χ0) is 15.2. The van der Waals surface area contributed by atoms with Gasteiger partial charge in [-0.3, -0.25) is 4.79 Å². The third-order valence-corrected chi connectivity index (χ3v) is 3.56. The van der Waals surface area contributed by atoms with Crippen LogP contribution in [0.3, 0.4) is 0 Å². The van der Waals surface area contributed by atoms with Gasteiger partial charge in [0.15, 0.2) is 0 Å². The first-order valence-corrected chi connectivity index (χ1v) is 7.38. The lowest BCUT2D eigenvalue weighted by Crippen LogP contribution is -2.21. The third kappa shape index (κ3) is 4.65. The molecule has 110 valence electrons. The molecular formula is C15H14BrClN2O2. The van der Waals surface area contributed by atoms with E-state index in [-0.39, 0.29) is 12.5 Å². The van der Waals surface area contributed by atoms with Gasteiger partial charge in [-0.1, -0.05) is 27.5 Å². The van der Waals surface area contributed by atoms with Gasteiger partial charge in [0.05, 0.1) is 18.7 Å². The van der Waals surface area contributed by atoms with Crippen molar-refractivity contribution in [2.75, 3.05) is 24.3 Å². The van der Waals surface area contributed by atoms with E-state index in [4.69, 9.17) is 16.3 Å². The largest absolute Gasteiger partial charge is 0.495 e. The van der Waals surface area contributed by atoms with Crippen molar-refractivity contribution in [3.63, 3.8) is 0 Å². The molecule has 21 heavy (non-hydrogen) atoms. The summed E-state index contributed by atoms with van der Waals surface area (Å²) in [6.45, 7) is 0.172. The second-order valence-electron chi connectivity index (χ2n) is 4.26. The molecule has 0 radical (unpaired) electrons. The number of hydrogen-bond donors (Lipinski definition) is 2. The van der Waals surface area contributed by atoms with Crippen LogP contribution in [-0.4, -0.2) is 19.6 Å². The first-order chi connectivity index (χ1) is 10.1. The standard InChI is InChI=1S/C15H14BrClN2O2/c1-21-14-7-6-12(8-13(14)17)19-15(20)9-18-11-4-2-10(16)3-5-11/h2-8,18H,9H2,1H3,(H,19,20). The van der Waals surface area contributed by atoms with Gasteiger partial charge in [-0.25, -0.2) is 0 Å². The Balaban J connectivity index is 1.89. The fourth-order valence-corrected chi connectivity index (χ4v) is 2.22. The molecule has 0 spiro atoms. The van der Waals surface area contributed by atoms with Gasteiger partial charge < -0.3 is 15.4 Å².